The second-order valence-corrected chi connectivity index (χ2v) is 7.93. The van der Waals surface area contributed by atoms with E-state index in [0.717, 1.165) is 32.7 Å². The molecule has 0 aromatic heterocycles. The Balaban J connectivity index is 1.90. The molecule has 2 saturated heterocycles. The quantitative estimate of drug-likeness (QED) is 0.741. The van der Waals surface area contributed by atoms with Crippen molar-refractivity contribution in [2.45, 2.75) is 58.0 Å². The number of hydrogen-bond acceptors (Lipinski definition) is 4. The van der Waals surface area contributed by atoms with Crippen molar-refractivity contribution in [3.8, 4) is 6.07 Å². The number of carbonyl (C=O) groups is 1. The summed E-state index contributed by atoms with van der Waals surface area (Å²) >= 11 is 0. The lowest BCUT2D eigenvalue weighted by molar-refractivity contribution is -0.131. The summed E-state index contributed by atoms with van der Waals surface area (Å²) in [4.78, 5) is 19.2. The molecule has 2 aliphatic rings. The van der Waals surface area contributed by atoms with Crippen LogP contribution in [0.4, 0.5) is 0 Å². The number of piperidine rings is 1. The summed E-state index contributed by atoms with van der Waals surface area (Å²) in [6.45, 7) is 12.1. The third-order valence-corrected chi connectivity index (χ3v) is 5.11. The normalized spacial score (nSPS) is 24.2. The molecule has 0 aromatic carbocycles. The summed E-state index contributed by atoms with van der Waals surface area (Å²) in [5.41, 5.74) is 0.0763. The highest BCUT2D eigenvalue weighted by Crippen LogP contribution is 2.21. The fourth-order valence-electron chi connectivity index (χ4n) is 3.58. The Morgan fingerprint density at radius 3 is 2.50 bits per heavy atom. The van der Waals surface area contributed by atoms with Crippen LogP contribution in [-0.2, 0) is 4.79 Å². The molecule has 134 valence electrons. The van der Waals surface area contributed by atoms with E-state index in [2.05, 4.69) is 36.6 Å². The first-order valence-corrected chi connectivity index (χ1v) is 9.23. The van der Waals surface area contributed by atoms with Gasteiger partial charge in [-0.1, -0.05) is 12.5 Å². The van der Waals surface area contributed by atoms with Gasteiger partial charge in [-0.3, -0.25) is 14.6 Å². The Labute approximate surface area is 146 Å². The Morgan fingerprint density at radius 2 is 1.88 bits per heavy atom. The zero-order valence-corrected chi connectivity index (χ0v) is 15.5. The van der Waals surface area contributed by atoms with Gasteiger partial charge in [0.1, 0.15) is 0 Å². The first-order valence-electron chi connectivity index (χ1n) is 9.23. The molecule has 0 unspecified atom stereocenters. The summed E-state index contributed by atoms with van der Waals surface area (Å²) in [6.07, 6.45) is 7.96. The minimum atomic E-state index is -0.00453. The highest BCUT2D eigenvalue weighted by Gasteiger charge is 2.33. The molecule has 0 saturated carbocycles. The summed E-state index contributed by atoms with van der Waals surface area (Å²) in [5, 5.41) is 9.12. The van der Waals surface area contributed by atoms with Gasteiger partial charge in [0.25, 0.3) is 0 Å². The third kappa shape index (κ3) is 5.32. The van der Waals surface area contributed by atoms with E-state index in [4.69, 9.17) is 5.26 Å². The van der Waals surface area contributed by atoms with Gasteiger partial charge in [0, 0.05) is 37.8 Å². The van der Waals surface area contributed by atoms with E-state index in [1.165, 1.54) is 19.3 Å². The van der Waals surface area contributed by atoms with Crippen molar-refractivity contribution < 1.29 is 4.79 Å². The van der Waals surface area contributed by atoms with Crippen LogP contribution in [0.1, 0.15) is 46.5 Å². The number of rotatable bonds is 4. The summed E-state index contributed by atoms with van der Waals surface area (Å²) in [7, 11) is 0. The first-order chi connectivity index (χ1) is 11.4. The average molecular weight is 332 g/mol. The molecule has 0 bridgehead atoms. The van der Waals surface area contributed by atoms with Gasteiger partial charge >= 0.3 is 0 Å². The van der Waals surface area contributed by atoms with E-state index < -0.39 is 0 Å². The maximum Gasteiger partial charge on any atom is 0.246 e. The summed E-state index contributed by atoms with van der Waals surface area (Å²) in [5.74, 6) is 0.0563. The maximum absolute atomic E-state index is 12.6. The molecule has 2 rings (SSSR count). The second kappa shape index (κ2) is 8.64. The molecule has 5 nitrogen and oxygen atoms in total. The Kier molecular flexibility index (Phi) is 6.82. The van der Waals surface area contributed by atoms with Gasteiger partial charge in [0.05, 0.1) is 18.5 Å². The van der Waals surface area contributed by atoms with Crippen molar-refractivity contribution in [1.29, 1.82) is 5.26 Å². The fraction of sp³-hybridized carbons (Fsp3) is 0.789. The molecule has 0 N–H and O–H groups in total. The van der Waals surface area contributed by atoms with E-state index in [1.807, 2.05) is 11.0 Å². The van der Waals surface area contributed by atoms with Crippen LogP contribution in [-0.4, -0.2) is 71.5 Å². The number of carbonyl (C=O) groups excluding carboxylic acids is 1. The maximum atomic E-state index is 12.6. The molecule has 2 heterocycles. The molecule has 24 heavy (non-hydrogen) atoms. The van der Waals surface area contributed by atoms with E-state index in [-0.39, 0.29) is 17.5 Å². The van der Waals surface area contributed by atoms with Gasteiger partial charge in [-0.2, -0.15) is 5.26 Å². The van der Waals surface area contributed by atoms with Gasteiger partial charge in [0.2, 0.25) is 5.91 Å². The van der Waals surface area contributed by atoms with Crippen LogP contribution in [0.5, 0.6) is 0 Å². The molecule has 2 aliphatic heterocycles. The lowest BCUT2D eigenvalue weighted by Crippen LogP contribution is -2.59. The highest BCUT2D eigenvalue weighted by atomic mass is 16.2. The molecule has 0 aliphatic carbocycles. The topological polar surface area (TPSA) is 50.6 Å². The van der Waals surface area contributed by atoms with E-state index in [1.54, 1.807) is 6.08 Å². The number of nitrogens with zero attached hydrogens (tertiary/aromatic N) is 4. The van der Waals surface area contributed by atoms with Crippen LogP contribution < -0.4 is 0 Å². The fourth-order valence-corrected chi connectivity index (χ4v) is 3.58. The van der Waals surface area contributed by atoms with Crippen molar-refractivity contribution in [3.05, 3.63) is 12.2 Å². The molecule has 2 fully saturated rings. The Morgan fingerprint density at radius 1 is 1.17 bits per heavy atom. The minimum Gasteiger partial charge on any atom is -0.333 e. The Hall–Kier alpha value is -1.38. The standard InChI is InChI=1S/C19H32N4O/c1-19(2,3)22-14-15-23(17(16-22)9-10-20)18(24)8-7-13-21-11-5-4-6-12-21/h7-8,17H,4-6,9,11-16H2,1-3H3/b8-7+/t17-/m0/s1. The second-order valence-electron chi connectivity index (χ2n) is 7.93. The molecular weight excluding hydrogens is 300 g/mol. The van der Waals surface area contributed by atoms with Crippen molar-refractivity contribution in [2.24, 2.45) is 0 Å². The summed E-state index contributed by atoms with van der Waals surface area (Å²) < 4.78 is 0. The molecule has 5 heteroatoms. The van der Waals surface area contributed by atoms with Crippen LogP contribution in [0.25, 0.3) is 0 Å². The molecule has 1 amide bonds. The Bertz CT molecular complexity index is 483. The monoisotopic (exact) mass is 332 g/mol. The highest BCUT2D eigenvalue weighted by molar-refractivity contribution is 5.88. The van der Waals surface area contributed by atoms with Crippen molar-refractivity contribution >= 4 is 5.91 Å². The SMILES string of the molecule is CC(C)(C)N1CCN(C(=O)/C=C/CN2CCCCC2)[C@@H](CC#N)C1. The number of hydrogen-bond donors (Lipinski definition) is 0. The van der Waals surface area contributed by atoms with Gasteiger partial charge in [-0.05, 0) is 46.7 Å². The first kappa shape index (κ1) is 19.0. The van der Waals surface area contributed by atoms with E-state index in [0.29, 0.717) is 13.0 Å². The number of piperazine rings is 1. The smallest absolute Gasteiger partial charge is 0.246 e. The van der Waals surface area contributed by atoms with Crippen LogP contribution >= 0.6 is 0 Å². The van der Waals surface area contributed by atoms with Crippen LogP contribution in [0, 0.1) is 11.3 Å². The lowest BCUT2D eigenvalue weighted by atomic mass is 10.0. The largest absolute Gasteiger partial charge is 0.333 e. The van der Waals surface area contributed by atoms with Gasteiger partial charge < -0.3 is 4.90 Å². The van der Waals surface area contributed by atoms with E-state index in [9.17, 15) is 4.79 Å². The lowest BCUT2D eigenvalue weighted by Gasteiger charge is -2.46. The van der Waals surface area contributed by atoms with Gasteiger partial charge in [-0.25, -0.2) is 0 Å². The van der Waals surface area contributed by atoms with Gasteiger partial charge in [0.15, 0.2) is 0 Å². The molecule has 1 atom stereocenters. The number of amides is 1. The minimum absolute atomic E-state index is 0.00453. The van der Waals surface area contributed by atoms with Crippen LogP contribution in [0.15, 0.2) is 12.2 Å². The zero-order chi connectivity index (χ0) is 17.6. The number of likely N-dealkylation sites (tertiary alicyclic amines) is 1. The molecule has 0 aromatic rings. The van der Waals surface area contributed by atoms with Crippen LogP contribution in [0.2, 0.25) is 0 Å². The van der Waals surface area contributed by atoms with Crippen molar-refractivity contribution in [2.75, 3.05) is 39.3 Å². The van der Waals surface area contributed by atoms with Crippen LogP contribution in [0.3, 0.4) is 0 Å². The van der Waals surface area contributed by atoms with Crippen molar-refractivity contribution in [3.63, 3.8) is 0 Å². The predicted octanol–water partition coefficient (Wildman–Crippen LogP) is 2.25. The predicted molar refractivity (Wildman–Crippen MR) is 96.5 cm³/mol. The molecular formula is C19H32N4O. The van der Waals surface area contributed by atoms with Crippen molar-refractivity contribution in [1.82, 2.24) is 14.7 Å². The zero-order valence-electron chi connectivity index (χ0n) is 15.5. The third-order valence-electron chi connectivity index (χ3n) is 5.11. The summed E-state index contributed by atoms with van der Waals surface area (Å²) in [6, 6.07) is 2.24. The molecule has 0 spiro atoms. The van der Waals surface area contributed by atoms with E-state index >= 15 is 0 Å². The average Bonchev–Trinajstić information content (AvgIpc) is 2.55. The number of nitriles is 1. The molecule has 0 radical (unpaired) electrons. The van der Waals surface area contributed by atoms with Gasteiger partial charge in [-0.15, -0.1) is 0 Å².